The van der Waals surface area contributed by atoms with Crippen LogP contribution in [0.1, 0.15) is 37.3 Å². The molecule has 2 rings (SSSR count). The number of benzene rings is 1. The lowest BCUT2D eigenvalue weighted by atomic mass is 10.0. The Morgan fingerprint density at radius 1 is 1.25 bits per heavy atom. The second-order valence-corrected chi connectivity index (χ2v) is 6.91. The summed E-state index contributed by atoms with van der Waals surface area (Å²) in [5, 5.41) is 6.67. The van der Waals surface area contributed by atoms with Gasteiger partial charge >= 0.3 is 0 Å². The largest absolute Gasteiger partial charge is 0.496 e. The Hall–Kier alpha value is -1.06. The summed E-state index contributed by atoms with van der Waals surface area (Å²) in [6.07, 6.45) is 3.22. The van der Waals surface area contributed by atoms with Crippen LogP contribution in [0.4, 0.5) is 0 Å². The number of nitrogens with one attached hydrogen (secondary N) is 2. The fourth-order valence-electron chi connectivity index (χ4n) is 3.10. The zero-order chi connectivity index (χ0) is 19.3. The first-order valence-electron chi connectivity index (χ1n) is 10.0. The summed E-state index contributed by atoms with van der Waals surface area (Å²) in [4.78, 5) is 4.67. The van der Waals surface area contributed by atoms with E-state index in [1.807, 2.05) is 6.07 Å². The highest BCUT2D eigenvalue weighted by Crippen LogP contribution is 2.18. The molecule has 7 heteroatoms. The molecule has 0 saturated carbocycles. The van der Waals surface area contributed by atoms with Crippen LogP contribution >= 0.6 is 24.0 Å². The molecule has 0 spiro atoms. The van der Waals surface area contributed by atoms with Gasteiger partial charge in [-0.15, -0.1) is 24.0 Å². The number of guanidine groups is 1. The van der Waals surface area contributed by atoms with Crippen molar-refractivity contribution in [2.24, 2.45) is 10.9 Å². The molecule has 160 valence electrons. The summed E-state index contributed by atoms with van der Waals surface area (Å²) in [5.74, 6) is 2.42. The Kier molecular flexibility index (Phi) is 13.3. The van der Waals surface area contributed by atoms with Gasteiger partial charge in [-0.2, -0.15) is 0 Å². The zero-order valence-corrected chi connectivity index (χ0v) is 19.8. The zero-order valence-electron chi connectivity index (χ0n) is 17.5. The molecule has 0 radical (unpaired) electrons. The normalized spacial score (nSPS) is 15.0. The Bertz CT molecular complexity index is 578. The summed E-state index contributed by atoms with van der Waals surface area (Å²) in [6.45, 7) is 9.85. The van der Waals surface area contributed by atoms with Crippen molar-refractivity contribution in [1.82, 2.24) is 10.6 Å². The molecule has 1 aromatic carbocycles. The lowest BCUT2D eigenvalue weighted by Crippen LogP contribution is -2.38. The van der Waals surface area contributed by atoms with Crippen molar-refractivity contribution in [2.75, 3.05) is 46.6 Å². The van der Waals surface area contributed by atoms with Crippen LogP contribution in [0.3, 0.4) is 0 Å². The quantitative estimate of drug-likeness (QED) is 0.221. The fourth-order valence-corrected chi connectivity index (χ4v) is 3.10. The summed E-state index contributed by atoms with van der Waals surface area (Å²) in [7, 11) is 1.70. The Balaban J connectivity index is 0.00000392. The molecule has 28 heavy (non-hydrogen) atoms. The van der Waals surface area contributed by atoms with Crippen molar-refractivity contribution in [2.45, 2.75) is 39.7 Å². The number of aliphatic imine (C=N–C) groups is 1. The lowest BCUT2D eigenvalue weighted by Gasteiger charge is -2.21. The average molecular weight is 505 g/mol. The molecule has 0 aromatic heterocycles. The number of hydrogen-bond acceptors (Lipinski definition) is 4. The molecule has 1 heterocycles. The van der Waals surface area contributed by atoms with E-state index in [1.54, 1.807) is 7.11 Å². The van der Waals surface area contributed by atoms with Gasteiger partial charge in [0.1, 0.15) is 5.75 Å². The summed E-state index contributed by atoms with van der Waals surface area (Å²) in [5.41, 5.74) is 2.30. The molecule has 1 aromatic rings. The first-order valence-corrected chi connectivity index (χ1v) is 10.0. The molecule has 0 bridgehead atoms. The van der Waals surface area contributed by atoms with Gasteiger partial charge in [0.2, 0.25) is 0 Å². The SMILES string of the molecule is CCNC(=NCc1ccc(OC)c(C)c1)NCCCOCC1CCOCC1.I. The standard InChI is InChI=1S/C21H35N3O3.HI/c1-4-22-21(24-15-19-6-7-20(25-3)17(2)14-19)23-10-5-11-27-16-18-8-12-26-13-9-18;/h6-7,14,18H,4-5,8-13,15-16H2,1-3H3,(H2,22,23,24);1H. The number of hydrogen-bond donors (Lipinski definition) is 2. The Morgan fingerprint density at radius 3 is 2.71 bits per heavy atom. The third-order valence-electron chi connectivity index (χ3n) is 4.68. The van der Waals surface area contributed by atoms with Gasteiger partial charge in [-0.25, -0.2) is 4.99 Å². The monoisotopic (exact) mass is 505 g/mol. The van der Waals surface area contributed by atoms with Gasteiger partial charge in [-0.1, -0.05) is 12.1 Å². The van der Waals surface area contributed by atoms with E-state index >= 15 is 0 Å². The van der Waals surface area contributed by atoms with Crippen LogP contribution in [0, 0.1) is 12.8 Å². The van der Waals surface area contributed by atoms with Gasteiger partial charge in [0.15, 0.2) is 5.96 Å². The van der Waals surface area contributed by atoms with Crippen molar-refractivity contribution in [3.8, 4) is 5.75 Å². The molecule has 0 aliphatic carbocycles. The second-order valence-electron chi connectivity index (χ2n) is 6.91. The van der Waals surface area contributed by atoms with Crippen molar-refractivity contribution in [3.63, 3.8) is 0 Å². The van der Waals surface area contributed by atoms with Crippen molar-refractivity contribution < 1.29 is 14.2 Å². The summed E-state index contributed by atoms with van der Waals surface area (Å²) >= 11 is 0. The van der Waals surface area contributed by atoms with E-state index in [0.29, 0.717) is 12.5 Å². The number of nitrogens with zero attached hydrogens (tertiary/aromatic N) is 1. The van der Waals surface area contributed by atoms with Crippen LogP contribution in [-0.4, -0.2) is 52.6 Å². The van der Waals surface area contributed by atoms with Crippen LogP contribution in [0.5, 0.6) is 5.75 Å². The molecule has 1 aliphatic rings. The Labute approximate surface area is 186 Å². The van der Waals surface area contributed by atoms with Crippen molar-refractivity contribution in [3.05, 3.63) is 29.3 Å². The van der Waals surface area contributed by atoms with Crippen molar-refractivity contribution >= 4 is 29.9 Å². The third-order valence-corrected chi connectivity index (χ3v) is 4.68. The predicted octanol–water partition coefficient (Wildman–Crippen LogP) is 3.51. The molecule has 6 nitrogen and oxygen atoms in total. The first kappa shape index (κ1) is 25.0. The van der Waals surface area contributed by atoms with Gasteiger partial charge in [0, 0.05) is 39.5 Å². The third kappa shape index (κ3) is 9.43. The first-order chi connectivity index (χ1) is 13.2. The fraction of sp³-hybridized carbons (Fsp3) is 0.667. The Morgan fingerprint density at radius 2 is 2.04 bits per heavy atom. The van der Waals surface area contributed by atoms with Gasteiger partial charge in [0.25, 0.3) is 0 Å². The van der Waals surface area contributed by atoms with E-state index in [9.17, 15) is 0 Å². The number of halogens is 1. The molecule has 2 N–H and O–H groups in total. The van der Waals surface area contributed by atoms with E-state index in [2.05, 4.69) is 41.6 Å². The molecule has 1 aliphatic heterocycles. The minimum atomic E-state index is 0. The summed E-state index contributed by atoms with van der Waals surface area (Å²) in [6, 6.07) is 6.18. The maximum atomic E-state index is 5.81. The molecule has 0 amide bonds. The predicted molar refractivity (Wildman–Crippen MR) is 125 cm³/mol. The summed E-state index contributed by atoms with van der Waals surface area (Å²) < 4.78 is 16.5. The van der Waals surface area contributed by atoms with Gasteiger partial charge in [0.05, 0.1) is 13.7 Å². The topological polar surface area (TPSA) is 64.1 Å². The maximum absolute atomic E-state index is 5.81. The van der Waals surface area contributed by atoms with E-state index in [0.717, 1.165) is 76.1 Å². The molecule has 0 atom stereocenters. The van der Waals surface area contributed by atoms with E-state index in [-0.39, 0.29) is 24.0 Å². The minimum absolute atomic E-state index is 0. The smallest absolute Gasteiger partial charge is 0.191 e. The number of ether oxygens (including phenoxy) is 3. The van der Waals surface area contributed by atoms with Crippen LogP contribution in [-0.2, 0) is 16.0 Å². The highest BCUT2D eigenvalue weighted by Gasteiger charge is 2.13. The minimum Gasteiger partial charge on any atom is -0.496 e. The average Bonchev–Trinajstić information content (AvgIpc) is 2.69. The molecule has 1 saturated heterocycles. The highest BCUT2D eigenvalue weighted by atomic mass is 127. The van der Waals surface area contributed by atoms with Gasteiger partial charge in [-0.05, 0) is 56.2 Å². The van der Waals surface area contributed by atoms with Crippen molar-refractivity contribution in [1.29, 1.82) is 0 Å². The lowest BCUT2D eigenvalue weighted by molar-refractivity contribution is 0.0203. The second kappa shape index (κ2) is 14.9. The molecule has 0 unspecified atom stereocenters. The molecular formula is C21H36IN3O3. The van der Waals surface area contributed by atoms with E-state index < -0.39 is 0 Å². The molecule has 1 fully saturated rings. The highest BCUT2D eigenvalue weighted by molar-refractivity contribution is 14.0. The maximum Gasteiger partial charge on any atom is 0.191 e. The van der Waals surface area contributed by atoms with E-state index in [4.69, 9.17) is 14.2 Å². The van der Waals surface area contributed by atoms with Crippen LogP contribution in [0.25, 0.3) is 0 Å². The van der Waals surface area contributed by atoms with Gasteiger partial charge in [-0.3, -0.25) is 0 Å². The van der Waals surface area contributed by atoms with Gasteiger partial charge < -0.3 is 24.8 Å². The number of aryl methyl sites for hydroxylation is 1. The number of rotatable bonds is 10. The van der Waals surface area contributed by atoms with Crippen LogP contribution in [0.15, 0.2) is 23.2 Å². The van der Waals surface area contributed by atoms with E-state index in [1.165, 1.54) is 5.56 Å². The van der Waals surface area contributed by atoms with Crippen LogP contribution in [0.2, 0.25) is 0 Å². The molecular weight excluding hydrogens is 469 g/mol. The number of methoxy groups -OCH3 is 1. The van der Waals surface area contributed by atoms with Crippen LogP contribution < -0.4 is 15.4 Å².